The van der Waals surface area contributed by atoms with Crippen molar-refractivity contribution >= 4 is 46.1 Å². The van der Waals surface area contributed by atoms with Crippen LogP contribution in [0.3, 0.4) is 0 Å². The number of benzene rings is 1. The van der Waals surface area contributed by atoms with Gasteiger partial charge >= 0.3 is 0 Å². The Kier molecular flexibility index (Phi) is 3.99. The van der Waals surface area contributed by atoms with Crippen molar-refractivity contribution in [2.24, 2.45) is 0 Å². The molecule has 0 saturated carbocycles. The first kappa shape index (κ1) is 11.6. The molecule has 1 aromatic rings. The molecule has 0 radical (unpaired) electrons. The van der Waals surface area contributed by atoms with Crippen LogP contribution in [0.25, 0.3) is 6.08 Å². The second kappa shape index (κ2) is 4.83. The van der Waals surface area contributed by atoms with E-state index in [9.17, 15) is 4.79 Å². The minimum absolute atomic E-state index is 0.269. The maximum atomic E-state index is 10.9. The molecule has 0 N–H and O–H groups in total. The van der Waals surface area contributed by atoms with Gasteiger partial charge in [0.15, 0.2) is 0 Å². The monoisotopic (exact) mass is 248 g/mol. The van der Waals surface area contributed by atoms with Gasteiger partial charge in [0.1, 0.15) is 0 Å². The van der Waals surface area contributed by atoms with Gasteiger partial charge in [0.05, 0.1) is 10.6 Å². The van der Waals surface area contributed by atoms with Crippen molar-refractivity contribution in [1.29, 1.82) is 0 Å². The second-order valence-corrected chi connectivity index (χ2v) is 3.72. The van der Waals surface area contributed by atoms with E-state index >= 15 is 0 Å². The Labute approximate surface area is 97.3 Å². The van der Waals surface area contributed by atoms with E-state index < -0.39 is 5.24 Å². The summed E-state index contributed by atoms with van der Waals surface area (Å²) in [6, 6.07) is 3.10. The summed E-state index contributed by atoms with van der Waals surface area (Å²) in [7, 11) is 0. The molecule has 0 aromatic heterocycles. The number of allylic oxidation sites excluding steroid dienone is 1. The molecule has 0 amide bonds. The third-order valence-electron chi connectivity index (χ3n) is 1.67. The summed E-state index contributed by atoms with van der Waals surface area (Å²) in [5, 5.41) is 0.197. The first-order valence-electron chi connectivity index (χ1n) is 3.88. The molecule has 14 heavy (non-hydrogen) atoms. The fraction of sp³-hybridized carbons (Fsp3) is 0.100. The van der Waals surface area contributed by atoms with Gasteiger partial charge in [-0.1, -0.05) is 35.4 Å². The fourth-order valence-electron chi connectivity index (χ4n) is 1.04. The highest BCUT2D eigenvalue weighted by atomic mass is 35.5. The Balaban J connectivity index is 3.40. The van der Waals surface area contributed by atoms with Gasteiger partial charge in [-0.3, -0.25) is 4.79 Å². The molecule has 0 aliphatic heterocycles. The van der Waals surface area contributed by atoms with E-state index in [2.05, 4.69) is 0 Å². The topological polar surface area (TPSA) is 17.1 Å². The predicted octanol–water partition coefficient (Wildman–Crippen LogP) is 4.41. The first-order valence-corrected chi connectivity index (χ1v) is 5.02. The van der Waals surface area contributed by atoms with Crippen molar-refractivity contribution in [3.8, 4) is 0 Å². The van der Waals surface area contributed by atoms with Crippen LogP contribution in [0.5, 0.6) is 0 Å². The summed E-state index contributed by atoms with van der Waals surface area (Å²) in [6.07, 6.45) is 3.52. The smallest absolute Gasteiger partial charge is 0.253 e. The Morgan fingerprint density at radius 1 is 1.36 bits per heavy atom. The third kappa shape index (κ3) is 2.30. The molecule has 0 heterocycles. The Hall–Kier alpha value is -0.500. The van der Waals surface area contributed by atoms with E-state index in [0.717, 1.165) is 0 Å². The molecule has 0 aliphatic carbocycles. The van der Waals surface area contributed by atoms with E-state index in [4.69, 9.17) is 34.8 Å². The van der Waals surface area contributed by atoms with Crippen molar-refractivity contribution in [2.45, 2.75) is 6.92 Å². The van der Waals surface area contributed by atoms with E-state index in [-0.39, 0.29) is 10.6 Å². The molecule has 1 rings (SSSR count). The number of carbonyl (C=O) groups excluding carboxylic acids is 1. The van der Waals surface area contributed by atoms with Crippen LogP contribution in [0.15, 0.2) is 18.2 Å². The number of rotatable bonds is 2. The maximum Gasteiger partial charge on any atom is 0.253 e. The van der Waals surface area contributed by atoms with Crippen molar-refractivity contribution in [3.05, 3.63) is 39.4 Å². The lowest BCUT2D eigenvalue weighted by atomic mass is 10.1. The molecule has 74 valence electrons. The van der Waals surface area contributed by atoms with Gasteiger partial charge in [0, 0.05) is 10.6 Å². The van der Waals surface area contributed by atoms with Gasteiger partial charge in [0.25, 0.3) is 5.24 Å². The molecule has 4 heteroatoms. The Morgan fingerprint density at radius 2 is 2.00 bits per heavy atom. The zero-order valence-electron chi connectivity index (χ0n) is 7.35. The standard InChI is InChI=1S/C10H7Cl3O/c1-2-3-6-8(11)5-4-7(9(6)12)10(13)14/h2-5H,1H3/b3-2+. The molecular weight excluding hydrogens is 242 g/mol. The van der Waals surface area contributed by atoms with Gasteiger partial charge in [-0.05, 0) is 30.7 Å². The zero-order valence-corrected chi connectivity index (χ0v) is 9.62. The molecule has 0 aliphatic rings. The quantitative estimate of drug-likeness (QED) is 0.710. The average molecular weight is 250 g/mol. The lowest BCUT2D eigenvalue weighted by Crippen LogP contribution is -1.92. The van der Waals surface area contributed by atoms with Crippen molar-refractivity contribution in [1.82, 2.24) is 0 Å². The Bertz CT molecular complexity index is 397. The highest BCUT2D eigenvalue weighted by Crippen LogP contribution is 2.30. The predicted molar refractivity (Wildman–Crippen MR) is 61.4 cm³/mol. The molecular formula is C10H7Cl3O. The number of halogens is 3. The summed E-state index contributed by atoms with van der Waals surface area (Å²) >= 11 is 17.2. The lowest BCUT2D eigenvalue weighted by Gasteiger charge is -2.04. The number of hydrogen-bond donors (Lipinski definition) is 0. The normalized spacial score (nSPS) is 10.9. The van der Waals surface area contributed by atoms with Crippen LogP contribution < -0.4 is 0 Å². The van der Waals surface area contributed by atoms with Crippen LogP contribution >= 0.6 is 34.8 Å². The third-order valence-corrected chi connectivity index (χ3v) is 2.61. The van der Waals surface area contributed by atoms with Crippen LogP contribution in [-0.2, 0) is 0 Å². The molecule has 0 saturated heterocycles. The largest absolute Gasteiger partial charge is 0.276 e. The minimum atomic E-state index is -0.586. The van der Waals surface area contributed by atoms with Crippen molar-refractivity contribution < 1.29 is 4.79 Å². The summed E-state index contributed by atoms with van der Waals surface area (Å²) in [5.74, 6) is 0. The lowest BCUT2D eigenvalue weighted by molar-refractivity contribution is 0.108. The minimum Gasteiger partial charge on any atom is -0.276 e. The van der Waals surface area contributed by atoms with Gasteiger partial charge in [-0.25, -0.2) is 0 Å². The van der Waals surface area contributed by atoms with E-state index in [1.54, 1.807) is 18.2 Å². The summed E-state index contributed by atoms with van der Waals surface area (Å²) in [5.41, 5.74) is 0.883. The van der Waals surface area contributed by atoms with Crippen molar-refractivity contribution in [3.63, 3.8) is 0 Å². The zero-order chi connectivity index (χ0) is 10.7. The summed E-state index contributed by atoms with van der Waals surface area (Å²) < 4.78 is 0. The van der Waals surface area contributed by atoms with Crippen LogP contribution in [0.2, 0.25) is 10.0 Å². The van der Waals surface area contributed by atoms with E-state index in [1.165, 1.54) is 6.07 Å². The van der Waals surface area contributed by atoms with Gasteiger partial charge in [-0.15, -0.1) is 0 Å². The van der Waals surface area contributed by atoms with Crippen LogP contribution in [0.1, 0.15) is 22.8 Å². The molecule has 0 spiro atoms. The van der Waals surface area contributed by atoms with Crippen LogP contribution in [0.4, 0.5) is 0 Å². The summed E-state index contributed by atoms with van der Waals surface area (Å²) in [6.45, 7) is 1.84. The average Bonchev–Trinajstić information content (AvgIpc) is 2.11. The fourth-order valence-corrected chi connectivity index (χ4v) is 1.83. The highest BCUT2D eigenvalue weighted by molar-refractivity contribution is 6.69. The molecule has 0 atom stereocenters. The highest BCUT2D eigenvalue weighted by Gasteiger charge is 2.12. The molecule has 0 bridgehead atoms. The van der Waals surface area contributed by atoms with Crippen LogP contribution in [0, 0.1) is 0 Å². The van der Waals surface area contributed by atoms with Gasteiger partial charge in [-0.2, -0.15) is 0 Å². The van der Waals surface area contributed by atoms with Crippen molar-refractivity contribution in [2.75, 3.05) is 0 Å². The first-order chi connectivity index (χ1) is 6.57. The molecule has 1 nitrogen and oxygen atoms in total. The van der Waals surface area contributed by atoms with E-state index in [0.29, 0.717) is 10.6 Å². The van der Waals surface area contributed by atoms with Gasteiger partial charge < -0.3 is 0 Å². The number of carbonyl (C=O) groups is 1. The molecule has 0 fully saturated rings. The summed E-state index contributed by atoms with van der Waals surface area (Å²) in [4.78, 5) is 10.9. The molecule has 0 unspecified atom stereocenters. The van der Waals surface area contributed by atoms with Crippen LogP contribution in [-0.4, -0.2) is 5.24 Å². The number of hydrogen-bond acceptors (Lipinski definition) is 1. The second-order valence-electron chi connectivity index (χ2n) is 2.60. The van der Waals surface area contributed by atoms with E-state index in [1.807, 2.05) is 6.92 Å². The molecule has 1 aromatic carbocycles. The maximum absolute atomic E-state index is 10.9. The SMILES string of the molecule is C/C=C/c1c(Cl)ccc(C(=O)Cl)c1Cl. The van der Waals surface area contributed by atoms with Gasteiger partial charge in [0.2, 0.25) is 0 Å². The Morgan fingerprint density at radius 3 is 2.50 bits per heavy atom.